The molecule has 0 amide bonds. The minimum atomic E-state index is 0.154. The summed E-state index contributed by atoms with van der Waals surface area (Å²) in [7, 11) is 0. The number of aliphatic hydroxyl groups excluding tert-OH is 1. The van der Waals surface area contributed by atoms with Crippen molar-refractivity contribution in [2.24, 2.45) is 0 Å². The van der Waals surface area contributed by atoms with Gasteiger partial charge in [0.25, 0.3) is 0 Å². The highest BCUT2D eigenvalue weighted by Crippen LogP contribution is 2.26. The minimum absolute atomic E-state index is 0.154. The number of hydrogen-bond donors (Lipinski definition) is 1. The average molecular weight is 265 g/mol. The summed E-state index contributed by atoms with van der Waals surface area (Å²) in [6.45, 7) is 9.32. The van der Waals surface area contributed by atoms with Crippen molar-refractivity contribution in [3.63, 3.8) is 0 Å². The monoisotopic (exact) mass is 265 g/mol. The van der Waals surface area contributed by atoms with Gasteiger partial charge in [-0.1, -0.05) is 19.8 Å². The molecule has 0 bridgehead atoms. The van der Waals surface area contributed by atoms with Gasteiger partial charge in [0.15, 0.2) is 0 Å². The van der Waals surface area contributed by atoms with Gasteiger partial charge in [-0.05, 0) is 33.2 Å². The van der Waals surface area contributed by atoms with Crippen LogP contribution < -0.4 is 0 Å². The predicted molar refractivity (Wildman–Crippen MR) is 77.1 cm³/mol. The summed E-state index contributed by atoms with van der Waals surface area (Å²) in [6.07, 6.45) is 5.44. The standard InChI is InChI=1S/C15H27N3O/c1-4-17(14-7-5-6-8-14)11-15-12(2)16-18(9-10-19)13(15)3/h14,19H,4-11H2,1-3H3. The topological polar surface area (TPSA) is 41.3 Å². The summed E-state index contributed by atoms with van der Waals surface area (Å²) in [5, 5.41) is 13.6. The van der Waals surface area contributed by atoms with Crippen LogP contribution in [0.2, 0.25) is 0 Å². The molecule has 0 saturated heterocycles. The lowest BCUT2D eigenvalue weighted by Crippen LogP contribution is -2.32. The van der Waals surface area contributed by atoms with Gasteiger partial charge in [0.1, 0.15) is 0 Å². The van der Waals surface area contributed by atoms with Gasteiger partial charge in [0.05, 0.1) is 18.8 Å². The normalized spacial score (nSPS) is 16.7. The van der Waals surface area contributed by atoms with Gasteiger partial charge in [-0.25, -0.2) is 0 Å². The molecule has 0 spiro atoms. The zero-order chi connectivity index (χ0) is 13.8. The second-order valence-electron chi connectivity index (χ2n) is 5.60. The first-order valence-corrected chi connectivity index (χ1v) is 7.55. The quantitative estimate of drug-likeness (QED) is 0.858. The molecule has 2 rings (SSSR count). The Bertz CT molecular complexity index is 408. The van der Waals surface area contributed by atoms with Crippen molar-refractivity contribution in [1.29, 1.82) is 0 Å². The van der Waals surface area contributed by atoms with E-state index in [-0.39, 0.29) is 6.61 Å². The molecule has 1 N–H and O–H groups in total. The maximum Gasteiger partial charge on any atom is 0.0644 e. The molecule has 1 heterocycles. The van der Waals surface area contributed by atoms with Gasteiger partial charge < -0.3 is 5.11 Å². The maximum absolute atomic E-state index is 9.07. The third-order valence-corrected chi connectivity index (χ3v) is 4.45. The number of aryl methyl sites for hydroxylation is 1. The zero-order valence-electron chi connectivity index (χ0n) is 12.5. The highest BCUT2D eigenvalue weighted by atomic mass is 16.3. The van der Waals surface area contributed by atoms with Crippen molar-refractivity contribution in [2.75, 3.05) is 13.2 Å². The first kappa shape index (κ1) is 14.5. The third kappa shape index (κ3) is 3.18. The van der Waals surface area contributed by atoms with E-state index in [0.717, 1.165) is 24.8 Å². The molecule has 1 aromatic heterocycles. The van der Waals surface area contributed by atoms with Crippen molar-refractivity contribution in [2.45, 2.75) is 65.6 Å². The zero-order valence-corrected chi connectivity index (χ0v) is 12.5. The average Bonchev–Trinajstić information content (AvgIpc) is 2.99. The van der Waals surface area contributed by atoms with Crippen LogP contribution in [0.15, 0.2) is 0 Å². The number of nitrogens with zero attached hydrogens (tertiary/aromatic N) is 3. The van der Waals surface area contributed by atoms with E-state index in [1.54, 1.807) is 0 Å². The van der Waals surface area contributed by atoms with Crippen molar-refractivity contribution < 1.29 is 5.11 Å². The van der Waals surface area contributed by atoms with E-state index in [4.69, 9.17) is 5.11 Å². The molecule has 1 fully saturated rings. The van der Waals surface area contributed by atoms with Crippen LogP contribution >= 0.6 is 0 Å². The fraction of sp³-hybridized carbons (Fsp3) is 0.800. The molecule has 4 heteroatoms. The maximum atomic E-state index is 9.07. The van der Waals surface area contributed by atoms with E-state index in [1.807, 2.05) is 4.68 Å². The Morgan fingerprint density at radius 3 is 2.58 bits per heavy atom. The Balaban J connectivity index is 2.12. The Kier molecular flexibility index (Phi) is 4.99. The summed E-state index contributed by atoms with van der Waals surface area (Å²) in [4.78, 5) is 2.59. The third-order valence-electron chi connectivity index (χ3n) is 4.45. The smallest absolute Gasteiger partial charge is 0.0644 e. The van der Waals surface area contributed by atoms with Gasteiger partial charge in [-0.15, -0.1) is 0 Å². The van der Waals surface area contributed by atoms with E-state index in [0.29, 0.717) is 6.54 Å². The molecule has 1 saturated carbocycles. The summed E-state index contributed by atoms with van der Waals surface area (Å²) in [6, 6.07) is 0.755. The summed E-state index contributed by atoms with van der Waals surface area (Å²) >= 11 is 0. The molecule has 0 aromatic carbocycles. The summed E-state index contributed by atoms with van der Waals surface area (Å²) in [5.74, 6) is 0. The van der Waals surface area contributed by atoms with Crippen molar-refractivity contribution >= 4 is 0 Å². The van der Waals surface area contributed by atoms with Gasteiger partial charge in [0, 0.05) is 23.8 Å². The number of rotatable bonds is 6. The lowest BCUT2D eigenvalue weighted by atomic mass is 10.1. The Morgan fingerprint density at radius 1 is 1.32 bits per heavy atom. The van der Waals surface area contributed by atoms with Crippen LogP contribution in [0.5, 0.6) is 0 Å². The lowest BCUT2D eigenvalue weighted by molar-refractivity contribution is 0.199. The fourth-order valence-corrected chi connectivity index (χ4v) is 3.25. The van der Waals surface area contributed by atoms with E-state index in [1.165, 1.54) is 36.9 Å². The molecule has 0 radical (unpaired) electrons. The molecular weight excluding hydrogens is 238 g/mol. The summed E-state index contributed by atoms with van der Waals surface area (Å²) in [5.41, 5.74) is 3.67. The Morgan fingerprint density at radius 2 is 2.00 bits per heavy atom. The molecule has 4 nitrogen and oxygen atoms in total. The first-order valence-electron chi connectivity index (χ1n) is 7.55. The Hall–Kier alpha value is -0.870. The molecule has 1 aromatic rings. The highest BCUT2D eigenvalue weighted by molar-refractivity contribution is 5.24. The molecule has 19 heavy (non-hydrogen) atoms. The SMILES string of the molecule is CCN(Cc1c(C)nn(CCO)c1C)C1CCCC1. The second kappa shape index (κ2) is 6.53. The largest absolute Gasteiger partial charge is 0.394 e. The van der Waals surface area contributed by atoms with Crippen LogP contribution in [0.4, 0.5) is 0 Å². The molecule has 0 unspecified atom stereocenters. The van der Waals surface area contributed by atoms with Gasteiger partial charge >= 0.3 is 0 Å². The van der Waals surface area contributed by atoms with Crippen LogP contribution in [-0.4, -0.2) is 39.0 Å². The van der Waals surface area contributed by atoms with Crippen LogP contribution in [0, 0.1) is 13.8 Å². The molecular formula is C15H27N3O. The first-order chi connectivity index (χ1) is 9.17. The lowest BCUT2D eigenvalue weighted by Gasteiger charge is -2.27. The molecule has 0 atom stereocenters. The molecule has 108 valence electrons. The van der Waals surface area contributed by atoms with Gasteiger partial charge in [-0.3, -0.25) is 9.58 Å². The van der Waals surface area contributed by atoms with Crippen molar-refractivity contribution in [1.82, 2.24) is 14.7 Å². The second-order valence-corrected chi connectivity index (χ2v) is 5.60. The predicted octanol–water partition coefficient (Wildman–Crippen LogP) is 2.26. The van der Waals surface area contributed by atoms with Crippen molar-refractivity contribution in [3.05, 3.63) is 17.0 Å². The van der Waals surface area contributed by atoms with Gasteiger partial charge in [0.2, 0.25) is 0 Å². The van der Waals surface area contributed by atoms with E-state index in [9.17, 15) is 0 Å². The highest BCUT2D eigenvalue weighted by Gasteiger charge is 2.23. The number of aromatic nitrogens is 2. The van der Waals surface area contributed by atoms with E-state index in [2.05, 4.69) is 30.8 Å². The minimum Gasteiger partial charge on any atom is -0.394 e. The van der Waals surface area contributed by atoms with Crippen LogP contribution in [0.1, 0.15) is 49.6 Å². The van der Waals surface area contributed by atoms with E-state index >= 15 is 0 Å². The number of hydrogen-bond acceptors (Lipinski definition) is 3. The van der Waals surface area contributed by atoms with E-state index < -0.39 is 0 Å². The fourth-order valence-electron chi connectivity index (χ4n) is 3.25. The molecule has 1 aliphatic carbocycles. The van der Waals surface area contributed by atoms with Crippen LogP contribution in [0.25, 0.3) is 0 Å². The van der Waals surface area contributed by atoms with Crippen LogP contribution in [0.3, 0.4) is 0 Å². The van der Waals surface area contributed by atoms with Crippen LogP contribution in [-0.2, 0) is 13.1 Å². The number of aliphatic hydroxyl groups is 1. The summed E-state index contributed by atoms with van der Waals surface area (Å²) < 4.78 is 1.94. The molecule has 1 aliphatic rings. The Labute approximate surface area is 116 Å². The van der Waals surface area contributed by atoms with Gasteiger partial charge in [-0.2, -0.15) is 5.10 Å². The van der Waals surface area contributed by atoms with Crippen molar-refractivity contribution in [3.8, 4) is 0 Å². The molecule has 0 aliphatic heterocycles.